The molecule has 2 aromatic rings. The van der Waals surface area contributed by atoms with Crippen molar-refractivity contribution in [3.63, 3.8) is 0 Å². The van der Waals surface area contributed by atoms with Crippen LogP contribution >= 0.6 is 24.0 Å². The minimum atomic E-state index is -0.273. The number of hydrogen-bond acceptors (Lipinski definition) is 3. The summed E-state index contributed by atoms with van der Waals surface area (Å²) in [6.45, 7) is 8.79. The van der Waals surface area contributed by atoms with Gasteiger partial charge in [-0.15, -0.1) is 24.0 Å². The van der Waals surface area contributed by atoms with Crippen LogP contribution in [0, 0.1) is 12.7 Å². The van der Waals surface area contributed by atoms with Gasteiger partial charge in [-0.3, -0.25) is 4.99 Å². The number of pyridine rings is 1. The van der Waals surface area contributed by atoms with Crippen molar-refractivity contribution >= 4 is 35.8 Å². The number of nitrogens with zero attached hydrogens (tertiary/aromatic N) is 3. The molecule has 2 heterocycles. The maximum Gasteiger partial charge on any atom is 0.191 e. The number of aromatic nitrogens is 1. The van der Waals surface area contributed by atoms with Crippen LogP contribution in [-0.4, -0.2) is 43.7 Å². The van der Waals surface area contributed by atoms with Crippen LogP contribution in [0.2, 0.25) is 0 Å². The summed E-state index contributed by atoms with van der Waals surface area (Å²) < 4.78 is 14.0. The number of benzene rings is 1. The van der Waals surface area contributed by atoms with Gasteiger partial charge in [-0.1, -0.05) is 43.7 Å². The van der Waals surface area contributed by atoms with Crippen LogP contribution in [0.5, 0.6) is 0 Å². The van der Waals surface area contributed by atoms with E-state index in [4.69, 9.17) is 0 Å². The summed E-state index contributed by atoms with van der Waals surface area (Å²) in [5.74, 6) is 0.925. The average molecular weight is 511 g/mol. The minimum Gasteiger partial charge on any atom is -0.356 e. The van der Waals surface area contributed by atoms with Gasteiger partial charge in [0.1, 0.15) is 0 Å². The van der Waals surface area contributed by atoms with Crippen LogP contribution in [0.3, 0.4) is 0 Å². The topological polar surface area (TPSA) is 52.6 Å². The van der Waals surface area contributed by atoms with E-state index in [2.05, 4.69) is 65.6 Å². The predicted molar refractivity (Wildman–Crippen MR) is 129 cm³/mol. The number of halogens is 2. The van der Waals surface area contributed by atoms with Crippen molar-refractivity contribution in [1.82, 2.24) is 15.6 Å². The zero-order valence-electron chi connectivity index (χ0n) is 17.6. The van der Waals surface area contributed by atoms with Crippen LogP contribution in [0.1, 0.15) is 31.4 Å². The Labute approximate surface area is 190 Å². The molecular weight excluding hydrogens is 480 g/mol. The molecule has 1 saturated heterocycles. The second-order valence-corrected chi connectivity index (χ2v) is 8.06. The first-order chi connectivity index (χ1) is 13.4. The fourth-order valence-electron chi connectivity index (χ4n) is 3.48. The molecule has 0 saturated carbocycles. The molecule has 158 valence electrons. The number of hydrogen-bond donors (Lipinski definition) is 2. The fourth-order valence-corrected chi connectivity index (χ4v) is 3.48. The van der Waals surface area contributed by atoms with E-state index >= 15 is 0 Å². The van der Waals surface area contributed by atoms with Gasteiger partial charge in [0.2, 0.25) is 0 Å². The monoisotopic (exact) mass is 511 g/mol. The van der Waals surface area contributed by atoms with Gasteiger partial charge in [-0.25, -0.2) is 9.37 Å². The number of aliphatic imine (C=N–C) groups is 1. The molecule has 1 unspecified atom stereocenters. The third-order valence-corrected chi connectivity index (χ3v) is 5.32. The Bertz CT molecular complexity index is 822. The number of guanidine groups is 1. The normalized spacial score (nSPS) is 17.1. The highest BCUT2D eigenvalue weighted by atomic mass is 127. The van der Waals surface area contributed by atoms with E-state index in [1.807, 2.05) is 4.90 Å². The summed E-state index contributed by atoms with van der Waals surface area (Å²) >= 11 is 0. The Morgan fingerprint density at radius 2 is 2.00 bits per heavy atom. The molecule has 0 bridgehead atoms. The van der Waals surface area contributed by atoms with E-state index in [0.29, 0.717) is 12.4 Å². The molecule has 3 rings (SSSR count). The first kappa shape index (κ1) is 23.4. The minimum absolute atomic E-state index is 0. The van der Waals surface area contributed by atoms with Crippen LogP contribution in [0.15, 0.2) is 47.6 Å². The van der Waals surface area contributed by atoms with Gasteiger partial charge in [0.05, 0.1) is 0 Å². The van der Waals surface area contributed by atoms with Crippen molar-refractivity contribution in [3.8, 4) is 0 Å². The van der Waals surface area contributed by atoms with E-state index in [-0.39, 0.29) is 41.3 Å². The zero-order valence-corrected chi connectivity index (χ0v) is 19.9. The van der Waals surface area contributed by atoms with Gasteiger partial charge in [0, 0.05) is 44.3 Å². The van der Waals surface area contributed by atoms with Crippen molar-refractivity contribution in [2.45, 2.75) is 38.6 Å². The van der Waals surface area contributed by atoms with Gasteiger partial charge in [0.25, 0.3) is 0 Å². The summed E-state index contributed by atoms with van der Waals surface area (Å²) in [6, 6.07) is 11.9. The molecule has 2 N–H and O–H groups in total. The average Bonchev–Trinajstić information content (AvgIpc) is 3.14. The molecule has 1 aliphatic rings. The summed E-state index contributed by atoms with van der Waals surface area (Å²) in [4.78, 5) is 10.5. The Morgan fingerprint density at radius 3 is 2.66 bits per heavy atom. The Hall–Kier alpha value is -1.90. The van der Waals surface area contributed by atoms with Gasteiger partial charge >= 0.3 is 0 Å². The molecule has 5 nitrogen and oxygen atoms in total. The lowest BCUT2D eigenvalue weighted by atomic mass is 9.84. The number of aryl methyl sites for hydroxylation is 1. The quantitative estimate of drug-likeness (QED) is 0.364. The van der Waals surface area contributed by atoms with Crippen molar-refractivity contribution in [3.05, 3.63) is 59.5 Å². The lowest BCUT2D eigenvalue weighted by Crippen LogP contribution is -2.48. The molecule has 29 heavy (non-hydrogen) atoms. The molecule has 0 amide bonds. The van der Waals surface area contributed by atoms with Crippen LogP contribution in [0.4, 0.5) is 10.2 Å². The standard InChI is InChI=1S/C22H30FN5.HI/c1-16-7-9-17(10-8-16)22(2,3)15-26-21(24-4)27-18-11-13-28(14-18)20-19(23)6-5-12-25-20;/h5-10,12,18H,11,13-15H2,1-4H3,(H2,24,26,27);1H. The lowest BCUT2D eigenvalue weighted by molar-refractivity contribution is 0.505. The highest BCUT2D eigenvalue weighted by Crippen LogP contribution is 2.23. The molecule has 1 aromatic heterocycles. The second kappa shape index (κ2) is 10.2. The second-order valence-electron chi connectivity index (χ2n) is 8.06. The van der Waals surface area contributed by atoms with Gasteiger partial charge in [-0.05, 0) is 31.0 Å². The third kappa shape index (κ3) is 6.04. The molecule has 0 aliphatic carbocycles. The lowest BCUT2D eigenvalue weighted by Gasteiger charge is -2.28. The molecule has 7 heteroatoms. The third-order valence-electron chi connectivity index (χ3n) is 5.32. The van der Waals surface area contributed by atoms with Crippen molar-refractivity contribution in [2.24, 2.45) is 4.99 Å². The molecule has 1 aliphatic heterocycles. The molecule has 1 aromatic carbocycles. The maximum atomic E-state index is 14.0. The SMILES string of the molecule is CN=C(NCC(C)(C)c1ccc(C)cc1)NC1CCN(c2ncccc2F)C1.I. The maximum absolute atomic E-state index is 14.0. The first-order valence-corrected chi connectivity index (χ1v) is 9.79. The fraction of sp³-hybridized carbons (Fsp3) is 0.455. The number of nitrogens with one attached hydrogen (secondary N) is 2. The molecule has 1 fully saturated rings. The Kier molecular flexibility index (Phi) is 8.24. The summed E-state index contributed by atoms with van der Waals surface area (Å²) in [7, 11) is 1.78. The van der Waals surface area contributed by atoms with Gasteiger partial charge in [-0.2, -0.15) is 0 Å². The van der Waals surface area contributed by atoms with Crippen LogP contribution in [0.25, 0.3) is 0 Å². The van der Waals surface area contributed by atoms with Gasteiger partial charge in [0.15, 0.2) is 17.6 Å². The van der Waals surface area contributed by atoms with E-state index in [0.717, 1.165) is 25.5 Å². The van der Waals surface area contributed by atoms with Crippen molar-refractivity contribution < 1.29 is 4.39 Å². The highest BCUT2D eigenvalue weighted by molar-refractivity contribution is 14.0. The summed E-state index contributed by atoms with van der Waals surface area (Å²) in [5.41, 5.74) is 2.53. The van der Waals surface area contributed by atoms with E-state index in [1.165, 1.54) is 17.2 Å². The zero-order chi connectivity index (χ0) is 20.1. The molecule has 1 atom stereocenters. The van der Waals surface area contributed by atoms with E-state index in [1.54, 1.807) is 19.3 Å². The van der Waals surface area contributed by atoms with Crippen molar-refractivity contribution in [2.75, 3.05) is 31.6 Å². The van der Waals surface area contributed by atoms with Crippen LogP contribution < -0.4 is 15.5 Å². The Balaban J connectivity index is 0.00000300. The molecule has 0 spiro atoms. The molecular formula is C22H31FIN5. The number of anilines is 1. The van der Waals surface area contributed by atoms with E-state index in [9.17, 15) is 4.39 Å². The Morgan fingerprint density at radius 1 is 1.28 bits per heavy atom. The highest BCUT2D eigenvalue weighted by Gasteiger charge is 2.27. The first-order valence-electron chi connectivity index (χ1n) is 9.79. The molecule has 0 radical (unpaired) electrons. The largest absolute Gasteiger partial charge is 0.356 e. The number of rotatable bonds is 5. The summed E-state index contributed by atoms with van der Waals surface area (Å²) in [6.07, 6.45) is 2.55. The summed E-state index contributed by atoms with van der Waals surface area (Å²) in [5, 5.41) is 6.91. The van der Waals surface area contributed by atoms with Crippen LogP contribution in [-0.2, 0) is 5.41 Å². The van der Waals surface area contributed by atoms with Crippen molar-refractivity contribution in [1.29, 1.82) is 0 Å². The van der Waals surface area contributed by atoms with Gasteiger partial charge < -0.3 is 15.5 Å². The predicted octanol–water partition coefficient (Wildman–Crippen LogP) is 3.87. The smallest absolute Gasteiger partial charge is 0.191 e. The van der Waals surface area contributed by atoms with E-state index < -0.39 is 0 Å².